The molecule has 0 aromatic heterocycles. The number of nitrogens with one attached hydrogen (secondary N) is 2. The van der Waals surface area contributed by atoms with Crippen molar-refractivity contribution in [2.45, 2.75) is 77.5 Å². The highest BCUT2D eigenvalue weighted by atomic mass is 127. The van der Waals surface area contributed by atoms with E-state index in [0.29, 0.717) is 29.5 Å². The van der Waals surface area contributed by atoms with Crippen molar-refractivity contribution in [2.75, 3.05) is 26.2 Å². The number of aliphatic imine (C=N–C) groups is 1. The monoisotopic (exact) mass is 504 g/mol. The van der Waals surface area contributed by atoms with E-state index in [9.17, 15) is 4.79 Å². The summed E-state index contributed by atoms with van der Waals surface area (Å²) < 4.78 is 6.05. The molecule has 160 valence electrons. The second-order valence-electron chi connectivity index (χ2n) is 9.17. The van der Waals surface area contributed by atoms with Crippen LogP contribution in [0.3, 0.4) is 0 Å². The van der Waals surface area contributed by atoms with E-state index in [1.165, 1.54) is 25.7 Å². The fourth-order valence-electron chi connectivity index (χ4n) is 5.70. The van der Waals surface area contributed by atoms with Crippen molar-refractivity contribution < 1.29 is 9.53 Å². The van der Waals surface area contributed by atoms with Gasteiger partial charge in [-0.25, -0.2) is 0 Å². The van der Waals surface area contributed by atoms with Gasteiger partial charge < -0.3 is 20.3 Å². The minimum atomic E-state index is 0. The van der Waals surface area contributed by atoms with E-state index in [0.717, 1.165) is 45.0 Å². The lowest BCUT2D eigenvalue weighted by Crippen LogP contribution is -2.72. The van der Waals surface area contributed by atoms with Gasteiger partial charge in [0.2, 0.25) is 5.91 Å². The van der Waals surface area contributed by atoms with Gasteiger partial charge in [0.1, 0.15) is 0 Å². The third-order valence-corrected chi connectivity index (χ3v) is 7.29. The zero-order valence-electron chi connectivity index (χ0n) is 17.6. The number of carbonyl (C=O) groups is 1. The Hall–Kier alpha value is -0.570. The number of likely N-dealkylation sites (tertiary alicyclic amines) is 1. The summed E-state index contributed by atoms with van der Waals surface area (Å²) in [5, 5.41) is 7.47. The van der Waals surface area contributed by atoms with E-state index < -0.39 is 0 Å². The molecular formula is C21H37IN4O2. The summed E-state index contributed by atoms with van der Waals surface area (Å²) in [6.45, 7) is 9.46. The number of amides is 1. The van der Waals surface area contributed by atoms with E-state index in [-0.39, 0.29) is 35.8 Å². The van der Waals surface area contributed by atoms with Gasteiger partial charge in [-0.3, -0.25) is 9.79 Å². The predicted molar refractivity (Wildman–Crippen MR) is 122 cm³/mol. The van der Waals surface area contributed by atoms with Crippen molar-refractivity contribution >= 4 is 35.8 Å². The number of rotatable bonds is 4. The summed E-state index contributed by atoms with van der Waals surface area (Å²) in [7, 11) is 0. The lowest BCUT2D eigenvalue weighted by molar-refractivity contribution is -0.171. The summed E-state index contributed by atoms with van der Waals surface area (Å²) in [5.74, 6) is 1.99. The number of nitrogens with zero attached hydrogens (tertiary/aromatic N) is 2. The van der Waals surface area contributed by atoms with E-state index in [1.54, 1.807) is 0 Å². The number of halogens is 1. The van der Waals surface area contributed by atoms with Crippen LogP contribution in [0, 0.1) is 17.3 Å². The fourth-order valence-corrected chi connectivity index (χ4v) is 5.70. The zero-order chi connectivity index (χ0) is 19.0. The van der Waals surface area contributed by atoms with Gasteiger partial charge in [-0.15, -0.1) is 24.0 Å². The molecule has 1 spiro atoms. The van der Waals surface area contributed by atoms with E-state index in [2.05, 4.69) is 17.6 Å². The molecule has 28 heavy (non-hydrogen) atoms. The first-order valence-corrected chi connectivity index (χ1v) is 11.0. The summed E-state index contributed by atoms with van der Waals surface area (Å²) in [5.41, 5.74) is 0.365. The number of hydrogen-bond acceptors (Lipinski definition) is 3. The number of ether oxygens (including phenoxy) is 1. The number of carbonyl (C=O) groups excluding carboxylic acids is 1. The average molecular weight is 504 g/mol. The molecule has 4 aliphatic rings. The molecule has 3 atom stereocenters. The van der Waals surface area contributed by atoms with Crippen molar-refractivity contribution in [3.05, 3.63) is 0 Å². The first-order valence-electron chi connectivity index (χ1n) is 11.0. The van der Waals surface area contributed by atoms with Gasteiger partial charge in [0.05, 0.1) is 6.10 Å². The topological polar surface area (TPSA) is 66.0 Å². The maximum absolute atomic E-state index is 12.2. The molecule has 2 saturated carbocycles. The smallest absolute Gasteiger partial charge is 0.225 e. The third-order valence-electron chi connectivity index (χ3n) is 7.29. The van der Waals surface area contributed by atoms with Gasteiger partial charge in [-0.1, -0.05) is 20.3 Å². The summed E-state index contributed by atoms with van der Waals surface area (Å²) in [4.78, 5) is 18.9. The highest BCUT2D eigenvalue weighted by Gasteiger charge is 2.66. The van der Waals surface area contributed by atoms with Crippen LogP contribution in [0.2, 0.25) is 0 Å². The lowest BCUT2D eigenvalue weighted by Gasteiger charge is -2.63. The maximum Gasteiger partial charge on any atom is 0.225 e. The van der Waals surface area contributed by atoms with Crippen LogP contribution in [0.5, 0.6) is 0 Å². The molecule has 3 unspecified atom stereocenters. The van der Waals surface area contributed by atoms with Crippen LogP contribution in [0.4, 0.5) is 0 Å². The largest absolute Gasteiger partial charge is 0.377 e. The molecule has 4 rings (SSSR count). The van der Waals surface area contributed by atoms with Crippen LogP contribution in [0.25, 0.3) is 0 Å². The van der Waals surface area contributed by atoms with Crippen molar-refractivity contribution in [3.8, 4) is 0 Å². The Morgan fingerprint density at radius 1 is 1.21 bits per heavy atom. The lowest BCUT2D eigenvalue weighted by atomic mass is 9.46. The van der Waals surface area contributed by atoms with Gasteiger partial charge in [-0.05, 0) is 39.0 Å². The minimum absolute atomic E-state index is 0. The molecular weight excluding hydrogens is 467 g/mol. The van der Waals surface area contributed by atoms with Gasteiger partial charge in [0.15, 0.2) is 5.96 Å². The minimum Gasteiger partial charge on any atom is -0.377 e. The number of piperidine rings is 1. The molecule has 2 heterocycles. The summed E-state index contributed by atoms with van der Waals surface area (Å²) in [6.07, 6.45) is 7.57. The number of guanidine groups is 1. The second-order valence-corrected chi connectivity index (χ2v) is 9.17. The Bertz CT molecular complexity index is 585. The molecule has 0 bridgehead atoms. The molecule has 2 N–H and O–H groups in total. The van der Waals surface area contributed by atoms with Crippen molar-refractivity contribution in [2.24, 2.45) is 22.2 Å². The standard InChI is InChI=1S/C21H36N4O2.HI/c1-4-22-20(23-15-6-11-25(12-7-15)19(26)14(2)3)24-17-16-8-13-27-18(16)21(17)9-5-10-21;/h14-18H,4-13H2,1-3H3,(H2,22,23,24);1H. The Morgan fingerprint density at radius 3 is 2.50 bits per heavy atom. The zero-order valence-corrected chi connectivity index (χ0v) is 19.9. The Balaban J connectivity index is 0.00000225. The van der Waals surface area contributed by atoms with Gasteiger partial charge in [-0.2, -0.15) is 0 Å². The van der Waals surface area contributed by atoms with Crippen LogP contribution in [0.15, 0.2) is 4.99 Å². The van der Waals surface area contributed by atoms with E-state index in [1.807, 2.05) is 18.7 Å². The van der Waals surface area contributed by atoms with Crippen LogP contribution in [0.1, 0.15) is 59.3 Å². The molecule has 2 aliphatic heterocycles. The molecule has 4 fully saturated rings. The molecule has 7 heteroatoms. The first-order chi connectivity index (χ1) is 13.0. The highest BCUT2D eigenvalue weighted by molar-refractivity contribution is 14.0. The number of fused-ring (bicyclic) bond motifs is 2. The summed E-state index contributed by atoms with van der Waals surface area (Å²) >= 11 is 0. The molecule has 0 aromatic carbocycles. The van der Waals surface area contributed by atoms with Crippen LogP contribution in [-0.2, 0) is 9.53 Å². The highest BCUT2D eigenvalue weighted by Crippen LogP contribution is 2.62. The van der Waals surface area contributed by atoms with Gasteiger partial charge in [0, 0.05) is 55.6 Å². The third kappa shape index (κ3) is 3.89. The molecule has 0 aromatic rings. The number of hydrogen-bond donors (Lipinski definition) is 2. The van der Waals surface area contributed by atoms with Crippen LogP contribution < -0.4 is 10.6 Å². The Kier molecular flexibility index (Phi) is 7.16. The average Bonchev–Trinajstić information content (AvgIpc) is 3.03. The van der Waals surface area contributed by atoms with Crippen molar-refractivity contribution in [1.29, 1.82) is 0 Å². The normalized spacial score (nSPS) is 31.6. The van der Waals surface area contributed by atoms with Gasteiger partial charge in [0.25, 0.3) is 0 Å². The van der Waals surface area contributed by atoms with Crippen LogP contribution in [-0.4, -0.2) is 61.2 Å². The maximum atomic E-state index is 12.2. The molecule has 1 amide bonds. The van der Waals surface area contributed by atoms with Gasteiger partial charge >= 0.3 is 0 Å². The van der Waals surface area contributed by atoms with Crippen molar-refractivity contribution in [3.63, 3.8) is 0 Å². The Labute approximate surface area is 186 Å². The van der Waals surface area contributed by atoms with E-state index >= 15 is 0 Å². The SMILES string of the molecule is CCN=C(NC1CCN(C(=O)C(C)C)CC1)NC1C2CCOC2C12CCC2.I. The quantitative estimate of drug-likeness (QED) is 0.351. The molecule has 6 nitrogen and oxygen atoms in total. The fraction of sp³-hybridized carbons (Fsp3) is 0.905. The Morgan fingerprint density at radius 2 is 1.93 bits per heavy atom. The first kappa shape index (κ1) is 22.1. The molecule has 0 radical (unpaired) electrons. The molecule has 2 saturated heterocycles. The van der Waals surface area contributed by atoms with E-state index in [4.69, 9.17) is 9.73 Å². The second kappa shape index (κ2) is 9.06. The summed E-state index contributed by atoms with van der Waals surface area (Å²) in [6, 6.07) is 0.909. The van der Waals surface area contributed by atoms with Crippen LogP contribution >= 0.6 is 24.0 Å². The molecule has 2 aliphatic carbocycles. The van der Waals surface area contributed by atoms with Crippen molar-refractivity contribution in [1.82, 2.24) is 15.5 Å². The predicted octanol–water partition coefficient (Wildman–Crippen LogP) is 2.76.